The van der Waals surface area contributed by atoms with Gasteiger partial charge in [-0.3, -0.25) is 4.79 Å². The topological polar surface area (TPSA) is 136 Å². The van der Waals surface area contributed by atoms with Crippen molar-refractivity contribution < 1.29 is 39.1 Å². The molecule has 5 N–H and O–H groups in total. The summed E-state index contributed by atoms with van der Waals surface area (Å²) >= 11 is 0. The van der Waals surface area contributed by atoms with E-state index in [4.69, 9.17) is 9.84 Å². The highest BCUT2D eigenvalue weighted by molar-refractivity contribution is 6.43. The first-order valence-corrected chi connectivity index (χ1v) is 10.9. The molecule has 1 atom stereocenters. The zero-order valence-electron chi connectivity index (χ0n) is 18.6. The SMILES string of the molecule is C[N+]1(Cc2ccc(CC(=O)NC(Cc3cccc(C(=O)O)c3O)B(O)O)cc2)CCOCC1. The van der Waals surface area contributed by atoms with Crippen molar-refractivity contribution in [3.63, 3.8) is 0 Å². The molecule has 2 aromatic carbocycles. The number of carboxylic acids is 1. The van der Waals surface area contributed by atoms with Gasteiger partial charge in [0.15, 0.2) is 0 Å². The number of amides is 1. The van der Waals surface area contributed by atoms with Gasteiger partial charge in [0.1, 0.15) is 30.9 Å². The maximum atomic E-state index is 12.5. The molecule has 1 aliphatic rings. The van der Waals surface area contributed by atoms with E-state index in [2.05, 4.69) is 12.4 Å². The fraction of sp³-hybridized carbons (Fsp3) is 0.391. The lowest BCUT2D eigenvalue weighted by atomic mass is 9.75. The van der Waals surface area contributed by atoms with Crippen LogP contribution in [0, 0.1) is 0 Å². The molecule has 2 aromatic rings. The van der Waals surface area contributed by atoms with Crippen LogP contribution in [0.4, 0.5) is 0 Å². The van der Waals surface area contributed by atoms with E-state index >= 15 is 0 Å². The highest BCUT2D eigenvalue weighted by Gasteiger charge is 2.28. The largest absolute Gasteiger partial charge is 0.507 e. The highest BCUT2D eigenvalue weighted by atomic mass is 16.5. The summed E-state index contributed by atoms with van der Waals surface area (Å²) in [5.74, 6) is -3.29. The minimum absolute atomic E-state index is 0.0462. The third-order valence-electron chi connectivity index (χ3n) is 6.00. The van der Waals surface area contributed by atoms with Gasteiger partial charge in [0.05, 0.1) is 32.6 Å². The van der Waals surface area contributed by atoms with E-state index in [1.165, 1.54) is 23.8 Å². The predicted molar refractivity (Wildman–Crippen MR) is 121 cm³/mol. The Balaban J connectivity index is 1.60. The molecule has 0 aromatic heterocycles. The second-order valence-electron chi connectivity index (χ2n) is 8.74. The summed E-state index contributed by atoms with van der Waals surface area (Å²) in [6.07, 6.45) is -0.0971. The molecular formula is C23H30BN2O7+. The van der Waals surface area contributed by atoms with Crippen molar-refractivity contribution >= 4 is 19.0 Å². The van der Waals surface area contributed by atoms with Crippen molar-refractivity contribution in [2.45, 2.75) is 25.3 Å². The summed E-state index contributed by atoms with van der Waals surface area (Å²) in [7, 11) is 0.316. The molecule has 1 heterocycles. The van der Waals surface area contributed by atoms with E-state index in [-0.39, 0.29) is 24.0 Å². The summed E-state index contributed by atoms with van der Waals surface area (Å²) in [6.45, 7) is 4.31. The average Bonchev–Trinajstić information content (AvgIpc) is 2.76. The molecule has 1 saturated heterocycles. The van der Waals surface area contributed by atoms with Crippen molar-refractivity contribution in [3.05, 3.63) is 64.7 Å². The monoisotopic (exact) mass is 457 g/mol. The van der Waals surface area contributed by atoms with Gasteiger partial charge in [-0.1, -0.05) is 36.4 Å². The first kappa shape index (κ1) is 24.7. The number of rotatable bonds is 9. The molecule has 1 aliphatic heterocycles. The molecule has 1 fully saturated rings. The number of para-hydroxylation sites is 1. The van der Waals surface area contributed by atoms with E-state index in [1.54, 1.807) is 0 Å². The van der Waals surface area contributed by atoms with Gasteiger partial charge in [-0.2, -0.15) is 0 Å². The molecule has 1 amide bonds. The summed E-state index contributed by atoms with van der Waals surface area (Å²) < 4.78 is 6.35. The van der Waals surface area contributed by atoms with Gasteiger partial charge in [0, 0.05) is 5.56 Å². The number of carbonyl (C=O) groups is 2. The number of nitrogens with zero attached hydrogens (tertiary/aromatic N) is 1. The molecule has 0 saturated carbocycles. The maximum absolute atomic E-state index is 12.5. The van der Waals surface area contributed by atoms with Crippen LogP contribution in [0.1, 0.15) is 27.0 Å². The maximum Gasteiger partial charge on any atom is 0.475 e. The van der Waals surface area contributed by atoms with Crippen LogP contribution in [-0.4, -0.2) is 83.0 Å². The lowest BCUT2D eigenvalue weighted by molar-refractivity contribution is -0.929. The number of ether oxygens (including phenoxy) is 1. The Hall–Kier alpha value is -2.92. The molecule has 9 nitrogen and oxygen atoms in total. The Labute approximate surface area is 193 Å². The Morgan fingerprint density at radius 3 is 2.33 bits per heavy atom. The number of aromatic hydroxyl groups is 1. The minimum atomic E-state index is -1.89. The van der Waals surface area contributed by atoms with Crippen LogP contribution in [0.15, 0.2) is 42.5 Å². The quantitative estimate of drug-likeness (QED) is 0.271. The summed E-state index contributed by atoms with van der Waals surface area (Å²) in [4.78, 5) is 23.7. The summed E-state index contributed by atoms with van der Waals surface area (Å²) in [6, 6.07) is 11.9. The highest BCUT2D eigenvalue weighted by Crippen LogP contribution is 2.24. The van der Waals surface area contributed by atoms with Crippen LogP contribution >= 0.6 is 0 Å². The number of aromatic carboxylic acids is 1. The van der Waals surface area contributed by atoms with E-state index < -0.39 is 30.7 Å². The number of hydrogen-bond acceptors (Lipinski definition) is 6. The van der Waals surface area contributed by atoms with Crippen LogP contribution in [-0.2, 0) is 28.9 Å². The zero-order valence-corrected chi connectivity index (χ0v) is 18.6. The van der Waals surface area contributed by atoms with Gasteiger partial charge in [0.25, 0.3) is 0 Å². The average molecular weight is 457 g/mol. The van der Waals surface area contributed by atoms with E-state index in [1.807, 2.05) is 24.3 Å². The molecule has 33 heavy (non-hydrogen) atoms. The Morgan fingerprint density at radius 2 is 1.73 bits per heavy atom. The van der Waals surface area contributed by atoms with Crippen molar-refractivity contribution in [1.29, 1.82) is 0 Å². The van der Waals surface area contributed by atoms with Gasteiger partial charge in [-0.25, -0.2) is 4.79 Å². The Kier molecular flexibility index (Phi) is 8.09. The standard InChI is InChI=1S/C23H29BN2O7/c1-26(9-11-33-12-10-26)15-17-7-5-16(6-8-17)13-21(27)25-20(24(31)32)14-18-3-2-4-19(22(18)28)23(29)30/h2-8,20,31-32H,9-15H2,1H3,(H2-,25,27,28,29,30)/p+1. The van der Waals surface area contributed by atoms with Crippen molar-refractivity contribution in [1.82, 2.24) is 5.32 Å². The third-order valence-corrected chi connectivity index (χ3v) is 6.00. The first-order chi connectivity index (χ1) is 15.7. The molecule has 0 bridgehead atoms. The molecule has 0 aliphatic carbocycles. The number of phenols is 1. The number of morpholine rings is 1. The van der Waals surface area contributed by atoms with Crippen LogP contribution in [0.2, 0.25) is 0 Å². The molecule has 1 unspecified atom stereocenters. The third kappa shape index (κ3) is 6.78. The second kappa shape index (κ2) is 10.8. The van der Waals surface area contributed by atoms with E-state index in [0.29, 0.717) is 0 Å². The van der Waals surface area contributed by atoms with Gasteiger partial charge in [-0.05, 0) is 23.6 Å². The van der Waals surface area contributed by atoms with Gasteiger partial charge in [0.2, 0.25) is 5.91 Å². The number of likely N-dealkylation sites (N-methyl/N-ethyl adjacent to an activating group) is 1. The summed E-state index contributed by atoms with van der Waals surface area (Å²) in [5, 5.41) is 41.3. The van der Waals surface area contributed by atoms with Crippen LogP contribution in [0.25, 0.3) is 0 Å². The van der Waals surface area contributed by atoms with Crippen molar-refractivity contribution in [2.75, 3.05) is 33.4 Å². The predicted octanol–water partition coefficient (Wildman–Crippen LogP) is 0.349. The molecule has 0 radical (unpaired) electrons. The Morgan fingerprint density at radius 1 is 1.09 bits per heavy atom. The Bertz CT molecular complexity index is 975. The van der Waals surface area contributed by atoms with Crippen molar-refractivity contribution in [3.8, 4) is 5.75 Å². The van der Waals surface area contributed by atoms with E-state index in [9.17, 15) is 24.7 Å². The van der Waals surface area contributed by atoms with Gasteiger partial charge in [-0.15, -0.1) is 0 Å². The molecule has 3 rings (SSSR count). The lowest BCUT2D eigenvalue weighted by Crippen LogP contribution is -2.51. The molecule has 176 valence electrons. The smallest absolute Gasteiger partial charge is 0.475 e. The minimum Gasteiger partial charge on any atom is -0.507 e. The second-order valence-corrected chi connectivity index (χ2v) is 8.74. The van der Waals surface area contributed by atoms with E-state index in [0.717, 1.165) is 42.9 Å². The van der Waals surface area contributed by atoms with Crippen LogP contribution < -0.4 is 5.32 Å². The zero-order chi connectivity index (χ0) is 24.0. The number of benzene rings is 2. The fourth-order valence-corrected chi connectivity index (χ4v) is 3.98. The molecule has 10 heteroatoms. The van der Waals surface area contributed by atoms with Crippen LogP contribution in [0.5, 0.6) is 5.75 Å². The first-order valence-electron chi connectivity index (χ1n) is 10.9. The van der Waals surface area contributed by atoms with Gasteiger partial charge >= 0.3 is 13.1 Å². The number of carbonyl (C=O) groups excluding carboxylic acids is 1. The molecular weight excluding hydrogens is 427 g/mol. The van der Waals surface area contributed by atoms with Gasteiger partial charge < -0.3 is 34.8 Å². The summed E-state index contributed by atoms with van der Waals surface area (Å²) in [5.41, 5.74) is 1.85. The van der Waals surface area contributed by atoms with Crippen molar-refractivity contribution in [2.24, 2.45) is 0 Å². The van der Waals surface area contributed by atoms with Crippen LogP contribution in [0.3, 0.4) is 0 Å². The molecule has 0 spiro atoms. The lowest BCUT2D eigenvalue weighted by Gasteiger charge is -2.37. The normalized spacial score (nSPS) is 16.1. The number of quaternary nitrogens is 1. The number of carboxylic acid groups (broad SMARTS) is 1. The fourth-order valence-electron chi connectivity index (χ4n) is 3.98. The number of nitrogens with one attached hydrogen (secondary N) is 1. The number of hydrogen-bond donors (Lipinski definition) is 5.